The van der Waals surface area contributed by atoms with Gasteiger partial charge in [-0.05, 0) is 13.8 Å². The van der Waals surface area contributed by atoms with Crippen molar-refractivity contribution in [2.24, 2.45) is 0 Å². The quantitative estimate of drug-likeness (QED) is 0.662. The van der Waals surface area contributed by atoms with Crippen LogP contribution in [-0.4, -0.2) is 41.1 Å². The van der Waals surface area contributed by atoms with Crippen LogP contribution < -0.4 is 4.74 Å². The standard InChI is InChI=1S/C10H15N3O/c1-8-7-11-9(2)10(12-8)14-6-5-13-3-4-13/h7H,3-6H2,1-2H3. The van der Waals surface area contributed by atoms with Crippen molar-refractivity contribution in [3.05, 3.63) is 17.6 Å². The average Bonchev–Trinajstić information content (AvgIpc) is 2.95. The minimum absolute atomic E-state index is 0.673. The van der Waals surface area contributed by atoms with Gasteiger partial charge in [0, 0.05) is 25.8 Å². The third-order valence-electron chi connectivity index (χ3n) is 2.22. The molecule has 1 aliphatic rings. The Morgan fingerprint density at radius 1 is 1.43 bits per heavy atom. The molecule has 1 saturated heterocycles. The first-order valence-corrected chi connectivity index (χ1v) is 4.91. The summed E-state index contributed by atoms with van der Waals surface area (Å²) in [5.74, 6) is 0.673. The summed E-state index contributed by atoms with van der Waals surface area (Å²) in [6.45, 7) is 7.96. The Bertz CT molecular complexity index is 323. The third kappa shape index (κ3) is 2.42. The number of nitrogens with zero attached hydrogens (tertiary/aromatic N) is 3. The number of ether oxygens (including phenoxy) is 1. The van der Waals surface area contributed by atoms with E-state index in [1.165, 1.54) is 13.1 Å². The van der Waals surface area contributed by atoms with Crippen LogP contribution in [0.1, 0.15) is 11.4 Å². The summed E-state index contributed by atoms with van der Waals surface area (Å²) in [4.78, 5) is 10.8. The lowest BCUT2D eigenvalue weighted by atomic mass is 10.4. The van der Waals surface area contributed by atoms with E-state index in [-0.39, 0.29) is 0 Å². The monoisotopic (exact) mass is 193 g/mol. The van der Waals surface area contributed by atoms with Gasteiger partial charge in [0.05, 0.1) is 11.4 Å². The smallest absolute Gasteiger partial charge is 0.235 e. The lowest BCUT2D eigenvalue weighted by Crippen LogP contribution is -2.12. The lowest BCUT2D eigenvalue weighted by Gasteiger charge is -2.07. The van der Waals surface area contributed by atoms with Crippen molar-refractivity contribution in [1.82, 2.24) is 14.9 Å². The van der Waals surface area contributed by atoms with Gasteiger partial charge in [0.25, 0.3) is 0 Å². The minimum atomic E-state index is 0.673. The molecular weight excluding hydrogens is 178 g/mol. The Kier molecular flexibility index (Phi) is 2.63. The van der Waals surface area contributed by atoms with E-state index in [1.807, 2.05) is 13.8 Å². The number of hydrogen-bond acceptors (Lipinski definition) is 4. The molecule has 1 aromatic rings. The van der Waals surface area contributed by atoms with Gasteiger partial charge in [0.1, 0.15) is 6.61 Å². The summed E-state index contributed by atoms with van der Waals surface area (Å²) in [5, 5.41) is 0. The van der Waals surface area contributed by atoms with E-state index < -0.39 is 0 Å². The zero-order valence-corrected chi connectivity index (χ0v) is 8.66. The Hall–Kier alpha value is -1.16. The molecule has 0 saturated carbocycles. The first-order valence-electron chi connectivity index (χ1n) is 4.91. The zero-order chi connectivity index (χ0) is 9.97. The highest BCUT2D eigenvalue weighted by molar-refractivity contribution is 5.17. The molecule has 0 N–H and O–H groups in total. The van der Waals surface area contributed by atoms with Crippen LogP contribution in [0.4, 0.5) is 0 Å². The van der Waals surface area contributed by atoms with Crippen molar-refractivity contribution in [3.8, 4) is 5.88 Å². The van der Waals surface area contributed by atoms with Crippen LogP contribution in [0.25, 0.3) is 0 Å². The maximum Gasteiger partial charge on any atom is 0.235 e. The van der Waals surface area contributed by atoms with Crippen molar-refractivity contribution >= 4 is 0 Å². The summed E-state index contributed by atoms with van der Waals surface area (Å²) in [6, 6.07) is 0. The highest BCUT2D eigenvalue weighted by atomic mass is 16.5. The van der Waals surface area contributed by atoms with Crippen molar-refractivity contribution in [2.45, 2.75) is 13.8 Å². The van der Waals surface area contributed by atoms with Crippen LogP contribution in [0.3, 0.4) is 0 Å². The summed E-state index contributed by atoms with van der Waals surface area (Å²) >= 11 is 0. The van der Waals surface area contributed by atoms with Crippen LogP contribution in [-0.2, 0) is 0 Å². The Morgan fingerprint density at radius 2 is 2.21 bits per heavy atom. The molecule has 0 radical (unpaired) electrons. The number of hydrogen-bond donors (Lipinski definition) is 0. The fraction of sp³-hybridized carbons (Fsp3) is 0.600. The molecule has 0 spiro atoms. The zero-order valence-electron chi connectivity index (χ0n) is 8.66. The molecule has 1 fully saturated rings. The van der Waals surface area contributed by atoms with Crippen molar-refractivity contribution in [3.63, 3.8) is 0 Å². The molecule has 1 aliphatic heterocycles. The SMILES string of the molecule is Cc1cnc(C)c(OCCN2CC2)n1. The summed E-state index contributed by atoms with van der Waals surface area (Å²) in [6.07, 6.45) is 1.76. The van der Waals surface area contributed by atoms with Gasteiger partial charge >= 0.3 is 0 Å². The molecule has 4 heteroatoms. The molecule has 14 heavy (non-hydrogen) atoms. The molecule has 4 nitrogen and oxygen atoms in total. The average molecular weight is 193 g/mol. The highest BCUT2D eigenvalue weighted by Gasteiger charge is 2.16. The van der Waals surface area contributed by atoms with Gasteiger partial charge in [0.15, 0.2) is 0 Å². The second-order valence-electron chi connectivity index (χ2n) is 3.59. The fourth-order valence-electron chi connectivity index (χ4n) is 1.22. The van der Waals surface area contributed by atoms with E-state index in [0.29, 0.717) is 12.5 Å². The van der Waals surface area contributed by atoms with Crippen LogP contribution in [0.15, 0.2) is 6.20 Å². The van der Waals surface area contributed by atoms with E-state index in [9.17, 15) is 0 Å². The molecule has 0 unspecified atom stereocenters. The predicted octanol–water partition coefficient (Wildman–Crippen LogP) is 0.788. The normalized spacial score (nSPS) is 15.6. The fourth-order valence-corrected chi connectivity index (χ4v) is 1.22. The molecule has 0 aromatic carbocycles. The van der Waals surface area contributed by atoms with E-state index in [1.54, 1.807) is 6.20 Å². The Balaban J connectivity index is 1.89. The van der Waals surface area contributed by atoms with Gasteiger partial charge in [-0.1, -0.05) is 0 Å². The van der Waals surface area contributed by atoms with E-state index >= 15 is 0 Å². The van der Waals surface area contributed by atoms with Gasteiger partial charge in [0.2, 0.25) is 5.88 Å². The van der Waals surface area contributed by atoms with Gasteiger partial charge in [-0.2, -0.15) is 0 Å². The molecule has 0 amide bonds. The van der Waals surface area contributed by atoms with E-state index in [0.717, 1.165) is 17.9 Å². The molecule has 1 aromatic heterocycles. The van der Waals surface area contributed by atoms with Crippen LogP contribution in [0.2, 0.25) is 0 Å². The Labute approximate surface area is 83.9 Å². The van der Waals surface area contributed by atoms with Crippen molar-refractivity contribution < 1.29 is 4.74 Å². The van der Waals surface area contributed by atoms with Gasteiger partial charge in [-0.3, -0.25) is 9.88 Å². The summed E-state index contributed by atoms with van der Waals surface area (Å²) in [5.41, 5.74) is 1.76. The predicted molar refractivity (Wildman–Crippen MR) is 53.4 cm³/mol. The second-order valence-corrected chi connectivity index (χ2v) is 3.59. The van der Waals surface area contributed by atoms with E-state index in [4.69, 9.17) is 4.74 Å². The minimum Gasteiger partial charge on any atom is -0.475 e. The molecule has 2 heterocycles. The molecule has 76 valence electrons. The van der Waals surface area contributed by atoms with Gasteiger partial charge in [-0.25, -0.2) is 4.98 Å². The van der Waals surface area contributed by atoms with Gasteiger partial charge < -0.3 is 4.74 Å². The molecule has 0 aliphatic carbocycles. The van der Waals surface area contributed by atoms with Crippen molar-refractivity contribution in [1.29, 1.82) is 0 Å². The largest absolute Gasteiger partial charge is 0.475 e. The maximum absolute atomic E-state index is 5.55. The topological polar surface area (TPSA) is 38.0 Å². The highest BCUT2D eigenvalue weighted by Crippen LogP contribution is 2.12. The molecule has 0 bridgehead atoms. The summed E-state index contributed by atoms with van der Waals surface area (Å²) < 4.78 is 5.55. The van der Waals surface area contributed by atoms with Gasteiger partial charge in [-0.15, -0.1) is 0 Å². The number of rotatable bonds is 4. The summed E-state index contributed by atoms with van der Waals surface area (Å²) in [7, 11) is 0. The van der Waals surface area contributed by atoms with Crippen molar-refractivity contribution in [2.75, 3.05) is 26.2 Å². The molecular formula is C10H15N3O. The van der Waals surface area contributed by atoms with Crippen LogP contribution in [0, 0.1) is 13.8 Å². The number of aromatic nitrogens is 2. The number of aryl methyl sites for hydroxylation is 2. The first kappa shape index (κ1) is 9.40. The molecule has 0 atom stereocenters. The second kappa shape index (κ2) is 3.92. The first-order chi connectivity index (χ1) is 6.75. The van der Waals surface area contributed by atoms with Crippen LogP contribution in [0.5, 0.6) is 5.88 Å². The van der Waals surface area contributed by atoms with E-state index in [2.05, 4.69) is 14.9 Å². The Morgan fingerprint density at radius 3 is 2.93 bits per heavy atom. The molecule has 2 rings (SSSR count). The third-order valence-corrected chi connectivity index (χ3v) is 2.22. The van der Waals surface area contributed by atoms with Crippen LogP contribution >= 0.6 is 0 Å². The lowest BCUT2D eigenvalue weighted by molar-refractivity contribution is 0.278. The maximum atomic E-state index is 5.55.